The normalized spacial score (nSPS) is 12.1. The molecule has 3 nitrogen and oxygen atoms in total. The number of rotatable bonds is 3. The van der Waals surface area contributed by atoms with Gasteiger partial charge >= 0.3 is 0 Å². The molecular formula is C13H15N3. The molecule has 3 heteroatoms. The first-order valence-electron chi connectivity index (χ1n) is 5.35. The van der Waals surface area contributed by atoms with Gasteiger partial charge in [-0.05, 0) is 31.0 Å². The molecule has 1 heterocycles. The fourth-order valence-corrected chi connectivity index (χ4v) is 1.75. The Hall–Kier alpha value is -1.90. The van der Waals surface area contributed by atoms with E-state index in [0.717, 1.165) is 5.82 Å². The molecule has 0 aliphatic carbocycles. The average Bonchev–Trinajstić information content (AvgIpc) is 2.31. The van der Waals surface area contributed by atoms with Crippen LogP contribution in [0.5, 0.6) is 0 Å². The highest BCUT2D eigenvalue weighted by Crippen LogP contribution is 2.20. The van der Waals surface area contributed by atoms with Gasteiger partial charge in [-0.15, -0.1) is 0 Å². The van der Waals surface area contributed by atoms with Gasteiger partial charge in [0, 0.05) is 6.20 Å². The van der Waals surface area contributed by atoms with Crippen molar-refractivity contribution < 1.29 is 0 Å². The van der Waals surface area contributed by atoms with Gasteiger partial charge in [-0.2, -0.15) is 0 Å². The van der Waals surface area contributed by atoms with Gasteiger partial charge in [0.05, 0.1) is 6.04 Å². The zero-order chi connectivity index (χ0) is 11.4. The summed E-state index contributed by atoms with van der Waals surface area (Å²) in [6.45, 7) is 4.25. The van der Waals surface area contributed by atoms with E-state index in [2.05, 4.69) is 53.4 Å². The van der Waals surface area contributed by atoms with Crippen molar-refractivity contribution >= 4 is 5.82 Å². The minimum absolute atomic E-state index is 0.246. The minimum atomic E-state index is 0.246. The molecule has 0 bridgehead atoms. The molecule has 1 aromatic carbocycles. The van der Waals surface area contributed by atoms with E-state index < -0.39 is 0 Å². The molecule has 0 amide bonds. The lowest BCUT2D eigenvalue weighted by atomic mass is 10.0. The number of nitrogens with one attached hydrogen (secondary N) is 1. The van der Waals surface area contributed by atoms with Gasteiger partial charge in [0.25, 0.3) is 0 Å². The summed E-state index contributed by atoms with van der Waals surface area (Å²) in [4.78, 5) is 8.04. The van der Waals surface area contributed by atoms with Gasteiger partial charge in [0.2, 0.25) is 0 Å². The van der Waals surface area contributed by atoms with Crippen LogP contribution >= 0.6 is 0 Å². The van der Waals surface area contributed by atoms with Crippen LogP contribution in [0, 0.1) is 6.92 Å². The van der Waals surface area contributed by atoms with E-state index in [1.807, 2.05) is 6.07 Å². The minimum Gasteiger partial charge on any atom is -0.363 e. The molecule has 16 heavy (non-hydrogen) atoms. The van der Waals surface area contributed by atoms with Gasteiger partial charge in [-0.1, -0.05) is 24.3 Å². The predicted molar refractivity (Wildman–Crippen MR) is 65.2 cm³/mol. The standard InChI is InChI=1S/C13H15N3/c1-10-5-3-4-6-12(10)11(2)16-13-7-8-14-9-15-13/h3-9,11H,1-2H3,(H,14,15,16). The summed E-state index contributed by atoms with van der Waals surface area (Å²) in [7, 11) is 0. The maximum Gasteiger partial charge on any atom is 0.129 e. The summed E-state index contributed by atoms with van der Waals surface area (Å²) >= 11 is 0. The molecule has 0 spiro atoms. The number of hydrogen-bond donors (Lipinski definition) is 1. The van der Waals surface area contributed by atoms with E-state index >= 15 is 0 Å². The highest BCUT2D eigenvalue weighted by molar-refractivity contribution is 5.38. The summed E-state index contributed by atoms with van der Waals surface area (Å²) in [6.07, 6.45) is 3.28. The number of anilines is 1. The van der Waals surface area contributed by atoms with Crippen LogP contribution in [0.2, 0.25) is 0 Å². The Morgan fingerprint density at radius 2 is 2.00 bits per heavy atom. The molecule has 82 valence electrons. The third-order valence-electron chi connectivity index (χ3n) is 2.60. The van der Waals surface area contributed by atoms with Crippen molar-refractivity contribution in [3.8, 4) is 0 Å². The van der Waals surface area contributed by atoms with E-state index in [1.54, 1.807) is 12.5 Å². The van der Waals surface area contributed by atoms with Crippen LogP contribution in [0.25, 0.3) is 0 Å². The fourth-order valence-electron chi connectivity index (χ4n) is 1.75. The SMILES string of the molecule is Cc1ccccc1C(C)Nc1ccncn1. The topological polar surface area (TPSA) is 37.8 Å². The highest BCUT2D eigenvalue weighted by Gasteiger charge is 2.07. The van der Waals surface area contributed by atoms with E-state index in [4.69, 9.17) is 0 Å². The fraction of sp³-hybridized carbons (Fsp3) is 0.231. The van der Waals surface area contributed by atoms with Crippen molar-refractivity contribution in [3.05, 3.63) is 54.0 Å². The zero-order valence-corrected chi connectivity index (χ0v) is 9.51. The zero-order valence-electron chi connectivity index (χ0n) is 9.51. The Kier molecular flexibility index (Phi) is 3.15. The molecule has 1 unspecified atom stereocenters. The Morgan fingerprint density at radius 1 is 1.19 bits per heavy atom. The third kappa shape index (κ3) is 2.37. The number of hydrogen-bond acceptors (Lipinski definition) is 3. The van der Waals surface area contributed by atoms with E-state index in [0.29, 0.717) is 0 Å². The summed E-state index contributed by atoms with van der Waals surface area (Å²) in [5.41, 5.74) is 2.58. The van der Waals surface area contributed by atoms with Crippen LogP contribution < -0.4 is 5.32 Å². The van der Waals surface area contributed by atoms with E-state index in [9.17, 15) is 0 Å². The second-order valence-electron chi connectivity index (χ2n) is 3.82. The molecule has 0 aliphatic heterocycles. The lowest BCUT2D eigenvalue weighted by molar-refractivity contribution is 0.862. The van der Waals surface area contributed by atoms with Crippen LogP contribution in [-0.2, 0) is 0 Å². The molecule has 2 aromatic rings. The molecule has 0 radical (unpaired) electrons. The van der Waals surface area contributed by atoms with Crippen molar-refractivity contribution in [3.63, 3.8) is 0 Å². The summed E-state index contributed by atoms with van der Waals surface area (Å²) in [5.74, 6) is 0.853. The van der Waals surface area contributed by atoms with Crippen molar-refractivity contribution in [2.24, 2.45) is 0 Å². The molecule has 1 N–H and O–H groups in total. The van der Waals surface area contributed by atoms with Gasteiger partial charge in [0.15, 0.2) is 0 Å². The van der Waals surface area contributed by atoms with Crippen LogP contribution in [0.4, 0.5) is 5.82 Å². The van der Waals surface area contributed by atoms with Gasteiger partial charge in [-0.25, -0.2) is 9.97 Å². The molecule has 0 aliphatic rings. The Bertz CT molecular complexity index is 454. The first kappa shape index (κ1) is 10.6. The monoisotopic (exact) mass is 213 g/mol. The van der Waals surface area contributed by atoms with Crippen LogP contribution in [0.15, 0.2) is 42.9 Å². The number of benzene rings is 1. The maximum absolute atomic E-state index is 4.15. The van der Waals surface area contributed by atoms with Crippen LogP contribution in [-0.4, -0.2) is 9.97 Å². The van der Waals surface area contributed by atoms with Gasteiger partial charge < -0.3 is 5.32 Å². The molecule has 1 aromatic heterocycles. The summed E-state index contributed by atoms with van der Waals surface area (Å²) in [5, 5.41) is 3.35. The predicted octanol–water partition coefficient (Wildman–Crippen LogP) is 2.96. The lowest BCUT2D eigenvalue weighted by Crippen LogP contribution is -2.09. The first-order valence-corrected chi connectivity index (χ1v) is 5.35. The van der Waals surface area contributed by atoms with Gasteiger partial charge in [-0.3, -0.25) is 0 Å². The number of nitrogens with zero attached hydrogens (tertiary/aromatic N) is 2. The first-order chi connectivity index (χ1) is 7.77. The van der Waals surface area contributed by atoms with Crippen molar-refractivity contribution in [2.45, 2.75) is 19.9 Å². The third-order valence-corrected chi connectivity index (χ3v) is 2.60. The Labute approximate surface area is 95.6 Å². The second-order valence-corrected chi connectivity index (χ2v) is 3.82. The van der Waals surface area contributed by atoms with Crippen LogP contribution in [0.3, 0.4) is 0 Å². The molecule has 0 fully saturated rings. The van der Waals surface area contributed by atoms with Crippen molar-refractivity contribution in [1.29, 1.82) is 0 Å². The second kappa shape index (κ2) is 4.75. The largest absolute Gasteiger partial charge is 0.363 e. The van der Waals surface area contributed by atoms with Crippen LogP contribution in [0.1, 0.15) is 24.1 Å². The summed E-state index contributed by atoms with van der Waals surface area (Å²) < 4.78 is 0. The van der Waals surface area contributed by atoms with Gasteiger partial charge in [0.1, 0.15) is 12.1 Å². The summed E-state index contributed by atoms with van der Waals surface area (Å²) in [6, 6.07) is 10.5. The molecule has 1 atom stereocenters. The lowest BCUT2D eigenvalue weighted by Gasteiger charge is -2.16. The smallest absolute Gasteiger partial charge is 0.129 e. The molecular weight excluding hydrogens is 198 g/mol. The number of aryl methyl sites for hydroxylation is 1. The van der Waals surface area contributed by atoms with Crippen molar-refractivity contribution in [2.75, 3.05) is 5.32 Å². The highest BCUT2D eigenvalue weighted by atomic mass is 15.0. The maximum atomic E-state index is 4.15. The molecule has 0 saturated carbocycles. The Morgan fingerprint density at radius 3 is 2.69 bits per heavy atom. The van der Waals surface area contributed by atoms with E-state index in [1.165, 1.54) is 11.1 Å². The molecule has 0 saturated heterocycles. The number of aromatic nitrogens is 2. The molecule has 2 rings (SSSR count). The average molecular weight is 213 g/mol. The van der Waals surface area contributed by atoms with E-state index in [-0.39, 0.29) is 6.04 Å². The quantitative estimate of drug-likeness (QED) is 0.851. The van der Waals surface area contributed by atoms with Crippen molar-refractivity contribution in [1.82, 2.24) is 9.97 Å². The Balaban J connectivity index is 2.15.